The first-order chi connectivity index (χ1) is 5.74. The molecule has 0 aromatic rings. The van der Waals surface area contributed by atoms with Gasteiger partial charge in [0.2, 0.25) is 0 Å². The highest BCUT2D eigenvalue weighted by Crippen LogP contribution is 2.46. The highest BCUT2D eigenvalue weighted by Gasteiger charge is 2.47. The van der Waals surface area contributed by atoms with Crippen LogP contribution in [0, 0.1) is 5.92 Å². The molecule has 0 aromatic carbocycles. The largest absolute Gasteiger partial charge is 0.374 e. The average Bonchev–Trinajstić information content (AvgIpc) is 1.99. The Morgan fingerprint density at radius 1 is 1.58 bits per heavy atom. The van der Waals surface area contributed by atoms with E-state index in [1.165, 1.54) is 6.42 Å². The fourth-order valence-electron chi connectivity index (χ4n) is 2.42. The van der Waals surface area contributed by atoms with Crippen molar-refractivity contribution in [3.8, 4) is 0 Å². The number of ether oxygens (including phenoxy) is 1. The minimum absolute atomic E-state index is 0.00396. The third-order valence-corrected chi connectivity index (χ3v) is 3.21. The maximum atomic E-state index is 11.2. The lowest BCUT2D eigenvalue weighted by Crippen LogP contribution is -2.50. The minimum atomic E-state index is -0.00396. The van der Waals surface area contributed by atoms with Crippen LogP contribution in [0.2, 0.25) is 0 Å². The van der Waals surface area contributed by atoms with Gasteiger partial charge in [0, 0.05) is 12.8 Å². The first-order valence-electron chi connectivity index (χ1n) is 4.90. The summed E-state index contributed by atoms with van der Waals surface area (Å²) in [7, 11) is 0. The molecule has 0 aromatic heterocycles. The fraction of sp³-hybridized carbons (Fsp3) is 0.900. The Morgan fingerprint density at radius 3 is 2.92 bits per heavy atom. The van der Waals surface area contributed by atoms with Gasteiger partial charge in [-0.15, -0.1) is 0 Å². The van der Waals surface area contributed by atoms with E-state index >= 15 is 0 Å². The summed E-state index contributed by atoms with van der Waals surface area (Å²) in [6, 6.07) is 0. The van der Waals surface area contributed by atoms with Crippen LogP contribution in [0.3, 0.4) is 0 Å². The van der Waals surface area contributed by atoms with Crippen molar-refractivity contribution in [1.82, 2.24) is 0 Å². The number of Topliss-reactive ketones (excluding diaryl/α,β-unsaturated/α-hetero) is 1. The highest BCUT2D eigenvalue weighted by molar-refractivity contribution is 5.80. The van der Waals surface area contributed by atoms with E-state index in [4.69, 9.17) is 4.74 Å². The zero-order valence-electron chi connectivity index (χ0n) is 7.64. The molecule has 1 saturated heterocycles. The van der Waals surface area contributed by atoms with E-state index in [9.17, 15) is 4.79 Å². The molecule has 0 unspecified atom stereocenters. The Bertz CT molecular complexity index is 192. The molecular formula is C10H16O2. The quantitative estimate of drug-likeness (QED) is 0.598. The van der Waals surface area contributed by atoms with Gasteiger partial charge in [0.25, 0.3) is 0 Å². The summed E-state index contributed by atoms with van der Waals surface area (Å²) in [5.41, 5.74) is -0.00396. The maximum absolute atomic E-state index is 11.2. The molecule has 1 saturated carbocycles. The number of carbonyl (C=O) groups excluding carboxylic acids is 1. The van der Waals surface area contributed by atoms with Crippen molar-refractivity contribution in [2.45, 2.75) is 44.6 Å². The average molecular weight is 168 g/mol. The maximum Gasteiger partial charge on any atom is 0.138 e. The van der Waals surface area contributed by atoms with Crippen LogP contribution >= 0.6 is 0 Å². The van der Waals surface area contributed by atoms with Gasteiger partial charge in [-0.2, -0.15) is 0 Å². The van der Waals surface area contributed by atoms with E-state index in [0.29, 0.717) is 25.2 Å². The van der Waals surface area contributed by atoms with E-state index in [1.54, 1.807) is 0 Å². The van der Waals surface area contributed by atoms with Crippen LogP contribution in [-0.2, 0) is 9.53 Å². The van der Waals surface area contributed by atoms with Crippen molar-refractivity contribution >= 4 is 5.78 Å². The molecule has 1 aliphatic heterocycles. The summed E-state index contributed by atoms with van der Waals surface area (Å²) in [5, 5.41) is 0. The van der Waals surface area contributed by atoms with Crippen molar-refractivity contribution in [2.75, 3.05) is 6.61 Å². The molecule has 2 rings (SSSR count). The Labute approximate surface area is 73.3 Å². The zero-order chi connectivity index (χ0) is 8.60. The minimum Gasteiger partial charge on any atom is -0.374 e. The van der Waals surface area contributed by atoms with E-state index in [0.717, 1.165) is 18.8 Å². The number of ketones is 1. The van der Waals surface area contributed by atoms with Gasteiger partial charge in [-0.05, 0) is 18.8 Å². The normalized spacial score (nSPS) is 41.4. The summed E-state index contributed by atoms with van der Waals surface area (Å²) in [5.74, 6) is 1.21. The lowest BCUT2D eigenvalue weighted by Gasteiger charge is -2.48. The van der Waals surface area contributed by atoms with E-state index < -0.39 is 0 Å². The summed E-state index contributed by atoms with van der Waals surface area (Å²) in [6.07, 6.45) is 4.80. The van der Waals surface area contributed by atoms with Crippen LogP contribution in [0.1, 0.15) is 39.0 Å². The number of hydrogen-bond donors (Lipinski definition) is 0. The van der Waals surface area contributed by atoms with Gasteiger partial charge in [0.05, 0.1) is 12.2 Å². The molecule has 1 aliphatic carbocycles. The van der Waals surface area contributed by atoms with Gasteiger partial charge in [0.15, 0.2) is 0 Å². The smallest absolute Gasteiger partial charge is 0.138 e. The lowest BCUT2D eigenvalue weighted by atomic mass is 9.66. The standard InChI is InChI=1S/C10H16O2/c1-2-8-5-10(6-8)7-9(11)3-4-12-10/h8H,2-7H2,1H3. The van der Waals surface area contributed by atoms with E-state index in [-0.39, 0.29) is 5.60 Å². The number of rotatable bonds is 1. The Hall–Kier alpha value is -0.370. The predicted octanol–water partition coefficient (Wildman–Crippen LogP) is 1.92. The van der Waals surface area contributed by atoms with Crippen molar-refractivity contribution in [3.05, 3.63) is 0 Å². The third kappa shape index (κ3) is 1.28. The molecule has 12 heavy (non-hydrogen) atoms. The van der Waals surface area contributed by atoms with E-state index in [1.807, 2.05) is 0 Å². The molecule has 2 aliphatic rings. The van der Waals surface area contributed by atoms with Gasteiger partial charge in [-0.1, -0.05) is 13.3 Å². The molecule has 0 amide bonds. The van der Waals surface area contributed by atoms with Crippen LogP contribution in [0.25, 0.3) is 0 Å². The second kappa shape index (κ2) is 2.84. The summed E-state index contributed by atoms with van der Waals surface area (Å²) < 4.78 is 5.68. The van der Waals surface area contributed by atoms with Crippen LogP contribution < -0.4 is 0 Å². The highest BCUT2D eigenvalue weighted by atomic mass is 16.5. The van der Waals surface area contributed by atoms with Crippen LogP contribution in [0.5, 0.6) is 0 Å². The van der Waals surface area contributed by atoms with Gasteiger partial charge in [0.1, 0.15) is 5.78 Å². The Morgan fingerprint density at radius 2 is 2.33 bits per heavy atom. The zero-order valence-corrected chi connectivity index (χ0v) is 7.64. The van der Waals surface area contributed by atoms with Crippen LogP contribution in [0.4, 0.5) is 0 Å². The third-order valence-electron chi connectivity index (χ3n) is 3.21. The van der Waals surface area contributed by atoms with Crippen molar-refractivity contribution in [3.63, 3.8) is 0 Å². The van der Waals surface area contributed by atoms with Gasteiger partial charge in [-0.25, -0.2) is 0 Å². The molecule has 0 atom stereocenters. The Kier molecular flexibility index (Phi) is 1.95. The topological polar surface area (TPSA) is 26.3 Å². The molecule has 2 heteroatoms. The summed E-state index contributed by atoms with van der Waals surface area (Å²) in [6.45, 7) is 2.87. The first kappa shape index (κ1) is 8.24. The first-order valence-corrected chi connectivity index (χ1v) is 4.90. The molecule has 0 N–H and O–H groups in total. The Balaban J connectivity index is 1.92. The molecule has 0 bridgehead atoms. The number of carbonyl (C=O) groups is 1. The summed E-state index contributed by atoms with van der Waals surface area (Å²) in [4.78, 5) is 11.2. The van der Waals surface area contributed by atoms with Crippen molar-refractivity contribution < 1.29 is 9.53 Å². The van der Waals surface area contributed by atoms with Gasteiger partial charge < -0.3 is 4.74 Å². The molecule has 2 nitrogen and oxygen atoms in total. The fourth-order valence-corrected chi connectivity index (χ4v) is 2.42. The second-order valence-corrected chi connectivity index (χ2v) is 4.18. The summed E-state index contributed by atoms with van der Waals surface area (Å²) >= 11 is 0. The number of hydrogen-bond acceptors (Lipinski definition) is 2. The van der Waals surface area contributed by atoms with Crippen molar-refractivity contribution in [2.24, 2.45) is 5.92 Å². The van der Waals surface area contributed by atoms with Crippen molar-refractivity contribution in [1.29, 1.82) is 0 Å². The monoisotopic (exact) mass is 168 g/mol. The second-order valence-electron chi connectivity index (χ2n) is 4.18. The van der Waals surface area contributed by atoms with Crippen LogP contribution in [-0.4, -0.2) is 18.0 Å². The molecule has 1 spiro atoms. The molecule has 1 heterocycles. The molecule has 0 radical (unpaired) electrons. The lowest BCUT2D eigenvalue weighted by molar-refractivity contribution is -0.166. The van der Waals surface area contributed by atoms with Gasteiger partial charge in [-0.3, -0.25) is 4.79 Å². The molecule has 68 valence electrons. The molecular weight excluding hydrogens is 152 g/mol. The van der Waals surface area contributed by atoms with E-state index in [2.05, 4.69) is 6.92 Å². The van der Waals surface area contributed by atoms with Crippen LogP contribution in [0.15, 0.2) is 0 Å². The van der Waals surface area contributed by atoms with Gasteiger partial charge >= 0.3 is 0 Å². The predicted molar refractivity (Wildman–Crippen MR) is 45.9 cm³/mol. The SMILES string of the molecule is CCC1CC2(CC(=O)CCO2)C1. The molecule has 2 fully saturated rings.